The minimum atomic E-state index is -3.84. The number of amides is 3. The van der Waals surface area contributed by atoms with Crippen molar-refractivity contribution in [3.63, 3.8) is 0 Å². The molecule has 2 saturated carbocycles. The van der Waals surface area contributed by atoms with Crippen molar-refractivity contribution in [2.45, 2.75) is 103 Å². The van der Waals surface area contributed by atoms with Gasteiger partial charge in [0.25, 0.3) is 0 Å². The van der Waals surface area contributed by atoms with Crippen molar-refractivity contribution < 1.29 is 27.3 Å². The number of hydrogen-bond acceptors (Lipinski definition) is 6. The third-order valence-electron chi connectivity index (χ3n) is 11.1. The molecule has 9 nitrogen and oxygen atoms in total. The van der Waals surface area contributed by atoms with E-state index in [1.807, 2.05) is 6.92 Å². The van der Waals surface area contributed by atoms with Gasteiger partial charge in [0.2, 0.25) is 15.9 Å². The second-order valence-electron chi connectivity index (χ2n) is 13.7. The van der Waals surface area contributed by atoms with Crippen LogP contribution in [0.25, 0.3) is 0 Å². The van der Waals surface area contributed by atoms with Crippen molar-refractivity contribution in [1.29, 1.82) is 0 Å². The molecule has 4 fully saturated rings. The van der Waals surface area contributed by atoms with Crippen LogP contribution in [0.5, 0.6) is 0 Å². The molecule has 2 N–H and O–H groups in total. The van der Waals surface area contributed by atoms with E-state index in [1.54, 1.807) is 12.2 Å². The Kier molecular flexibility index (Phi) is 5.35. The molecule has 3 amide bonds. The van der Waals surface area contributed by atoms with Crippen LogP contribution in [0, 0.1) is 22.2 Å². The van der Waals surface area contributed by atoms with Crippen molar-refractivity contribution in [2.24, 2.45) is 27.9 Å². The quantitative estimate of drug-likeness (QED) is 0.432. The van der Waals surface area contributed by atoms with Gasteiger partial charge >= 0.3 is 6.03 Å². The number of nitrogens with two attached hydrogens (primary N) is 1. The maximum Gasteiger partial charge on any atom is 0.358 e. The molecule has 202 valence electrons. The standard InChI is InChI=1S/C25H41N3O6SSi/c1-15(34-36(7,8)22(2,3)4)25(20(26)29)17-9-10-19(25)33-27(17)21(30)28-18-13-16-11-12-24(18,23(16,5)6)14-35(28,31)32/h9-10,15-19H,11-14H2,1-8H3,(H2,26,29)/t15-,16-,17-,18-,19+,24-,25-/m0/s1. The number of sulfonamides is 1. The fourth-order valence-electron chi connectivity index (χ4n) is 7.75. The molecule has 11 heteroatoms. The number of urea groups is 1. The van der Waals surface area contributed by atoms with E-state index in [1.165, 1.54) is 0 Å². The summed E-state index contributed by atoms with van der Waals surface area (Å²) in [7, 11) is -6.15. The molecule has 0 aromatic carbocycles. The van der Waals surface area contributed by atoms with Crippen LogP contribution in [0.15, 0.2) is 12.2 Å². The van der Waals surface area contributed by atoms with E-state index in [0.717, 1.165) is 22.2 Å². The Morgan fingerprint density at radius 2 is 1.86 bits per heavy atom. The van der Waals surface area contributed by atoms with Crippen LogP contribution in [0.2, 0.25) is 18.1 Å². The van der Waals surface area contributed by atoms with Gasteiger partial charge in [-0.15, -0.1) is 0 Å². The van der Waals surface area contributed by atoms with Crippen molar-refractivity contribution in [1.82, 2.24) is 9.37 Å². The van der Waals surface area contributed by atoms with Crippen LogP contribution in [0.3, 0.4) is 0 Å². The maximum absolute atomic E-state index is 14.0. The van der Waals surface area contributed by atoms with Crippen molar-refractivity contribution in [3.05, 3.63) is 12.2 Å². The summed E-state index contributed by atoms with van der Waals surface area (Å²) in [6.07, 6.45) is 4.50. The van der Waals surface area contributed by atoms with Gasteiger partial charge in [-0.05, 0) is 55.7 Å². The molecule has 3 aliphatic carbocycles. The first-order valence-electron chi connectivity index (χ1n) is 13.0. The molecule has 5 rings (SSSR count). The van der Waals surface area contributed by atoms with E-state index in [4.69, 9.17) is 15.0 Å². The number of carbonyl (C=O) groups is 2. The number of nitrogens with zero attached hydrogens (tertiary/aromatic N) is 2. The summed E-state index contributed by atoms with van der Waals surface area (Å²) >= 11 is 0. The minimum absolute atomic E-state index is 0.0243. The molecule has 36 heavy (non-hydrogen) atoms. The topological polar surface area (TPSA) is 119 Å². The van der Waals surface area contributed by atoms with E-state index in [0.29, 0.717) is 12.3 Å². The summed E-state index contributed by atoms with van der Waals surface area (Å²) in [5, 5.41) is 0.991. The first-order chi connectivity index (χ1) is 16.3. The summed E-state index contributed by atoms with van der Waals surface area (Å²) in [4.78, 5) is 33.1. The van der Waals surface area contributed by atoms with E-state index in [2.05, 4.69) is 47.7 Å². The Morgan fingerprint density at radius 1 is 1.22 bits per heavy atom. The first kappa shape index (κ1) is 26.2. The fraction of sp³-hybridized carbons (Fsp3) is 0.840. The van der Waals surface area contributed by atoms with Crippen LogP contribution in [0.1, 0.15) is 60.8 Å². The number of primary amides is 1. The fourth-order valence-corrected chi connectivity index (χ4v) is 11.7. The normalized spacial score (nSPS) is 40.7. The Hall–Kier alpha value is -1.43. The lowest BCUT2D eigenvalue weighted by Crippen LogP contribution is -2.60. The van der Waals surface area contributed by atoms with Crippen molar-refractivity contribution in [3.8, 4) is 0 Å². The molecule has 0 unspecified atom stereocenters. The average molecular weight is 540 g/mol. The van der Waals surface area contributed by atoms with Gasteiger partial charge in [0.15, 0.2) is 8.32 Å². The zero-order valence-electron chi connectivity index (χ0n) is 22.7. The third-order valence-corrected chi connectivity index (χ3v) is 17.5. The maximum atomic E-state index is 14.0. The lowest BCUT2D eigenvalue weighted by Gasteiger charge is -2.44. The Morgan fingerprint density at radius 3 is 2.42 bits per heavy atom. The van der Waals surface area contributed by atoms with Crippen LogP contribution >= 0.6 is 0 Å². The second-order valence-corrected chi connectivity index (χ2v) is 20.3. The largest absolute Gasteiger partial charge is 0.413 e. The molecule has 0 aromatic rings. The first-order valence-corrected chi connectivity index (χ1v) is 17.5. The van der Waals surface area contributed by atoms with Crippen LogP contribution < -0.4 is 5.73 Å². The number of carbonyl (C=O) groups excluding carboxylic acids is 2. The summed E-state index contributed by atoms with van der Waals surface area (Å²) in [6.45, 7) is 16.6. The van der Waals surface area contributed by atoms with Crippen molar-refractivity contribution >= 4 is 30.3 Å². The molecular formula is C25H41N3O6SSi. The zero-order chi connectivity index (χ0) is 26.9. The third kappa shape index (κ3) is 2.97. The summed E-state index contributed by atoms with van der Waals surface area (Å²) in [5.74, 6) is -0.263. The van der Waals surface area contributed by atoms with E-state index < -0.39 is 59.4 Å². The van der Waals surface area contributed by atoms with E-state index in [9.17, 15) is 18.0 Å². The SMILES string of the molecule is C[C@H](O[Si](C)(C)C(C)(C)C)[C@]1(C(N)=O)[C@@H]2C=C[C@H]1ON2C(=O)N1[C@H]2C[C@@H]3CC[C@@]2(CS1(=O)=O)C3(C)C. The highest BCUT2D eigenvalue weighted by Gasteiger charge is 2.74. The van der Waals surface area contributed by atoms with Gasteiger partial charge in [0.1, 0.15) is 11.5 Å². The molecule has 2 aliphatic heterocycles. The molecule has 0 radical (unpaired) electrons. The summed E-state index contributed by atoms with van der Waals surface area (Å²) in [6, 6.07) is -1.95. The predicted octanol–water partition coefficient (Wildman–Crippen LogP) is 3.38. The Bertz CT molecular complexity index is 1150. The number of rotatable bonds is 4. The molecule has 2 heterocycles. The molecule has 7 atom stereocenters. The molecule has 5 aliphatic rings. The highest BCUT2D eigenvalue weighted by Crippen LogP contribution is 2.70. The van der Waals surface area contributed by atoms with Gasteiger partial charge in [0, 0.05) is 5.41 Å². The number of hydroxylamine groups is 2. The molecule has 1 spiro atoms. The van der Waals surface area contributed by atoms with Gasteiger partial charge in [-0.1, -0.05) is 46.8 Å². The number of hydrogen-bond donors (Lipinski definition) is 1. The molecular weight excluding hydrogens is 498 g/mol. The molecule has 0 aromatic heterocycles. The van der Waals surface area contributed by atoms with Gasteiger partial charge in [-0.2, -0.15) is 5.06 Å². The molecule has 4 bridgehead atoms. The Balaban J connectivity index is 1.48. The molecule has 2 saturated heterocycles. The van der Waals surface area contributed by atoms with Crippen LogP contribution in [-0.4, -0.2) is 68.1 Å². The van der Waals surface area contributed by atoms with Gasteiger partial charge < -0.3 is 10.2 Å². The highest BCUT2D eigenvalue weighted by molar-refractivity contribution is 7.90. The average Bonchev–Trinajstić information content (AvgIpc) is 3.44. The van der Waals surface area contributed by atoms with E-state index in [-0.39, 0.29) is 22.2 Å². The zero-order valence-corrected chi connectivity index (χ0v) is 24.5. The number of fused-ring (bicyclic) bond motifs is 3. The Labute approximate surface area is 215 Å². The summed E-state index contributed by atoms with van der Waals surface area (Å²) < 4.78 is 34.6. The second kappa shape index (κ2) is 7.36. The monoisotopic (exact) mass is 539 g/mol. The van der Waals surface area contributed by atoms with Gasteiger partial charge in [-0.25, -0.2) is 17.5 Å². The van der Waals surface area contributed by atoms with Crippen molar-refractivity contribution in [2.75, 3.05) is 5.75 Å². The smallest absolute Gasteiger partial charge is 0.358 e. The van der Waals surface area contributed by atoms with Crippen LogP contribution in [-0.2, 0) is 24.1 Å². The lowest BCUT2D eigenvalue weighted by molar-refractivity contribution is -0.138. The van der Waals surface area contributed by atoms with E-state index >= 15 is 0 Å². The summed E-state index contributed by atoms with van der Waals surface area (Å²) in [5.41, 5.74) is 4.09. The highest BCUT2D eigenvalue weighted by atomic mass is 32.2. The van der Waals surface area contributed by atoms with Gasteiger partial charge in [-0.3, -0.25) is 9.63 Å². The van der Waals surface area contributed by atoms with Crippen LogP contribution in [0.4, 0.5) is 4.79 Å². The van der Waals surface area contributed by atoms with Gasteiger partial charge in [0.05, 0.1) is 23.9 Å². The predicted molar refractivity (Wildman–Crippen MR) is 137 cm³/mol. The lowest BCUT2D eigenvalue weighted by atomic mass is 9.69. The minimum Gasteiger partial charge on any atom is -0.413 e.